The zero-order valence-electron chi connectivity index (χ0n) is 18.7. The van der Waals surface area contributed by atoms with Crippen molar-refractivity contribution < 1.29 is 9.53 Å². The summed E-state index contributed by atoms with van der Waals surface area (Å²) in [6.45, 7) is 5.30. The minimum Gasteiger partial charge on any atom is -0.494 e. The predicted octanol–water partition coefficient (Wildman–Crippen LogP) is 5.97. The minimum atomic E-state index is -0.0534. The molecule has 0 aliphatic rings. The van der Waals surface area contributed by atoms with Gasteiger partial charge in [-0.3, -0.25) is 4.79 Å². The Hall–Kier alpha value is -3.53. The third-order valence-electron chi connectivity index (χ3n) is 5.91. The first kappa shape index (κ1) is 21.7. The summed E-state index contributed by atoms with van der Waals surface area (Å²) in [7, 11) is 0. The monoisotopic (exact) mass is 426 g/mol. The van der Waals surface area contributed by atoms with Crippen LogP contribution in [0, 0.1) is 0 Å². The summed E-state index contributed by atoms with van der Waals surface area (Å²) in [5.74, 6) is 0.826. The third-order valence-corrected chi connectivity index (χ3v) is 5.91. The lowest BCUT2D eigenvalue weighted by molar-refractivity contribution is -0.121. The van der Waals surface area contributed by atoms with E-state index in [0.717, 1.165) is 34.4 Å². The van der Waals surface area contributed by atoms with Crippen molar-refractivity contribution in [2.75, 3.05) is 6.61 Å². The maximum atomic E-state index is 13.0. The maximum Gasteiger partial charge on any atom is 0.221 e. The Morgan fingerprint density at radius 3 is 2.47 bits per heavy atom. The zero-order valence-corrected chi connectivity index (χ0v) is 18.7. The zero-order chi connectivity index (χ0) is 22.3. The lowest BCUT2D eigenvalue weighted by Crippen LogP contribution is -2.25. The molecule has 164 valence electrons. The number of ether oxygens (including phenoxy) is 1. The highest BCUT2D eigenvalue weighted by atomic mass is 16.5. The third kappa shape index (κ3) is 4.86. The van der Waals surface area contributed by atoms with Crippen molar-refractivity contribution in [3.05, 3.63) is 101 Å². The predicted molar refractivity (Wildman–Crippen MR) is 130 cm³/mol. The quantitative estimate of drug-likeness (QED) is 0.347. The van der Waals surface area contributed by atoms with E-state index < -0.39 is 0 Å². The number of para-hydroxylation sites is 1. The van der Waals surface area contributed by atoms with Gasteiger partial charge in [0.1, 0.15) is 5.75 Å². The van der Waals surface area contributed by atoms with Crippen LogP contribution >= 0.6 is 0 Å². The summed E-state index contributed by atoms with van der Waals surface area (Å²) in [6.07, 6.45) is 3.40. The maximum absolute atomic E-state index is 13.0. The molecule has 4 nitrogen and oxygen atoms in total. The molecule has 1 heterocycles. The number of aromatic amines is 1. The van der Waals surface area contributed by atoms with E-state index in [4.69, 9.17) is 4.74 Å². The van der Waals surface area contributed by atoms with E-state index in [1.807, 2.05) is 49.4 Å². The Morgan fingerprint density at radius 2 is 1.75 bits per heavy atom. The molecule has 0 aliphatic heterocycles. The molecule has 0 aliphatic carbocycles. The van der Waals surface area contributed by atoms with Gasteiger partial charge in [0.15, 0.2) is 0 Å². The van der Waals surface area contributed by atoms with Crippen molar-refractivity contribution in [3.8, 4) is 5.75 Å². The van der Waals surface area contributed by atoms with Gasteiger partial charge in [0, 0.05) is 36.0 Å². The molecule has 32 heavy (non-hydrogen) atoms. The van der Waals surface area contributed by atoms with Crippen LogP contribution in [0.2, 0.25) is 0 Å². The van der Waals surface area contributed by atoms with Crippen LogP contribution in [0.25, 0.3) is 10.9 Å². The van der Waals surface area contributed by atoms with Crippen LogP contribution < -0.4 is 10.1 Å². The fourth-order valence-corrected chi connectivity index (χ4v) is 4.25. The molecule has 0 saturated heterocycles. The second-order valence-corrected chi connectivity index (χ2v) is 7.96. The number of hydrogen-bond acceptors (Lipinski definition) is 2. The van der Waals surface area contributed by atoms with Crippen LogP contribution in [0.5, 0.6) is 5.75 Å². The largest absolute Gasteiger partial charge is 0.494 e. The molecule has 0 spiro atoms. The fraction of sp³-hybridized carbons (Fsp3) is 0.250. The van der Waals surface area contributed by atoms with E-state index in [-0.39, 0.29) is 11.8 Å². The van der Waals surface area contributed by atoms with Gasteiger partial charge in [0.05, 0.1) is 6.61 Å². The molecular formula is C28H30N2O2. The fourth-order valence-electron chi connectivity index (χ4n) is 4.25. The number of aromatic nitrogens is 1. The Kier molecular flexibility index (Phi) is 6.90. The van der Waals surface area contributed by atoms with Crippen molar-refractivity contribution in [2.24, 2.45) is 0 Å². The molecule has 1 atom stereocenters. The van der Waals surface area contributed by atoms with Crippen LogP contribution in [0.1, 0.15) is 48.4 Å². The van der Waals surface area contributed by atoms with E-state index in [1.54, 1.807) is 0 Å². The van der Waals surface area contributed by atoms with Gasteiger partial charge in [0.25, 0.3) is 0 Å². The number of hydrogen-bond donors (Lipinski definition) is 2. The van der Waals surface area contributed by atoms with Crippen molar-refractivity contribution in [3.63, 3.8) is 0 Å². The molecule has 3 aromatic carbocycles. The summed E-state index contributed by atoms with van der Waals surface area (Å²) in [5.41, 5.74) is 5.79. The highest BCUT2D eigenvalue weighted by Crippen LogP contribution is 2.35. The second-order valence-electron chi connectivity index (χ2n) is 7.96. The number of carbonyl (C=O) groups excluding carboxylic acids is 1. The van der Waals surface area contributed by atoms with E-state index in [1.165, 1.54) is 10.9 Å². The molecule has 0 radical (unpaired) electrons. The summed E-state index contributed by atoms with van der Waals surface area (Å²) in [6, 6.07) is 24.5. The Morgan fingerprint density at radius 1 is 0.969 bits per heavy atom. The number of fused-ring (bicyclic) bond motifs is 1. The molecule has 0 unspecified atom stereocenters. The van der Waals surface area contributed by atoms with E-state index >= 15 is 0 Å². The summed E-state index contributed by atoms with van der Waals surface area (Å²) in [4.78, 5) is 16.4. The topological polar surface area (TPSA) is 54.1 Å². The van der Waals surface area contributed by atoms with Gasteiger partial charge in [0.2, 0.25) is 5.91 Å². The Labute approximate surface area is 189 Å². The lowest BCUT2D eigenvalue weighted by Gasteiger charge is -2.18. The summed E-state index contributed by atoms with van der Waals surface area (Å²) < 4.78 is 5.62. The molecule has 1 aromatic heterocycles. The van der Waals surface area contributed by atoms with Crippen molar-refractivity contribution in [1.82, 2.24) is 10.3 Å². The number of benzene rings is 3. The van der Waals surface area contributed by atoms with Crippen molar-refractivity contribution in [1.29, 1.82) is 0 Å². The first-order valence-electron chi connectivity index (χ1n) is 11.3. The molecule has 0 saturated carbocycles. The number of rotatable bonds is 9. The van der Waals surface area contributed by atoms with E-state index in [9.17, 15) is 4.79 Å². The van der Waals surface area contributed by atoms with Crippen LogP contribution in [0.3, 0.4) is 0 Å². The first-order chi connectivity index (χ1) is 15.7. The average Bonchev–Trinajstić information content (AvgIpc) is 3.27. The highest BCUT2D eigenvalue weighted by molar-refractivity contribution is 5.88. The average molecular weight is 427 g/mol. The normalized spacial score (nSPS) is 11.9. The standard InChI is InChI=1S/C28H30N2O2/c1-3-21-11-8-12-24-26(19-30-28(21)24)25(22-13-15-23(16-14-22)32-4-2)17-27(31)29-18-20-9-6-5-7-10-20/h5-16,19,25,30H,3-4,17-18H2,1-2H3,(H,29,31)/t25-/m1/s1. The molecular weight excluding hydrogens is 396 g/mol. The molecule has 1 amide bonds. The molecule has 4 rings (SSSR count). The van der Waals surface area contributed by atoms with Crippen molar-refractivity contribution in [2.45, 2.75) is 39.2 Å². The highest BCUT2D eigenvalue weighted by Gasteiger charge is 2.22. The van der Waals surface area contributed by atoms with Crippen LogP contribution in [-0.4, -0.2) is 17.5 Å². The Bertz CT molecular complexity index is 1160. The number of amides is 1. The van der Waals surface area contributed by atoms with Gasteiger partial charge in [-0.25, -0.2) is 0 Å². The molecule has 0 bridgehead atoms. The number of carbonyl (C=O) groups is 1. The summed E-state index contributed by atoms with van der Waals surface area (Å²) >= 11 is 0. The van der Waals surface area contributed by atoms with Gasteiger partial charge in [-0.1, -0.05) is 67.6 Å². The molecule has 4 aromatic rings. The summed E-state index contributed by atoms with van der Waals surface area (Å²) in [5, 5.41) is 4.27. The second kappa shape index (κ2) is 10.2. The smallest absolute Gasteiger partial charge is 0.221 e. The molecule has 2 N–H and O–H groups in total. The SMILES string of the molecule is CCOc1ccc([C@@H](CC(=O)NCc2ccccc2)c2c[nH]c3c(CC)cccc23)cc1. The first-order valence-corrected chi connectivity index (χ1v) is 11.3. The van der Waals surface area contributed by atoms with Gasteiger partial charge >= 0.3 is 0 Å². The van der Waals surface area contributed by atoms with Gasteiger partial charge in [-0.2, -0.15) is 0 Å². The van der Waals surface area contributed by atoms with E-state index in [2.05, 4.69) is 53.8 Å². The number of nitrogens with one attached hydrogen (secondary N) is 2. The van der Waals surface area contributed by atoms with Crippen LogP contribution in [-0.2, 0) is 17.8 Å². The molecule has 4 heteroatoms. The van der Waals surface area contributed by atoms with Gasteiger partial charge in [-0.05, 0) is 47.7 Å². The van der Waals surface area contributed by atoms with Crippen LogP contribution in [0.4, 0.5) is 0 Å². The van der Waals surface area contributed by atoms with Crippen LogP contribution in [0.15, 0.2) is 79.0 Å². The Balaban J connectivity index is 1.63. The lowest BCUT2D eigenvalue weighted by atomic mass is 9.87. The molecule has 0 fully saturated rings. The number of H-pyrrole nitrogens is 1. The number of aryl methyl sites for hydroxylation is 1. The van der Waals surface area contributed by atoms with Gasteiger partial charge in [-0.15, -0.1) is 0 Å². The minimum absolute atomic E-state index is 0.0359. The van der Waals surface area contributed by atoms with E-state index in [0.29, 0.717) is 19.6 Å². The van der Waals surface area contributed by atoms with Gasteiger partial charge < -0.3 is 15.0 Å². The van der Waals surface area contributed by atoms with Crippen molar-refractivity contribution >= 4 is 16.8 Å².